The van der Waals surface area contributed by atoms with Crippen molar-refractivity contribution in [1.82, 2.24) is 20.2 Å². The van der Waals surface area contributed by atoms with E-state index in [4.69, 9.17) is 0 Å². The first-order chi connectivity index (χ1) is 16.1. The number of H-pyrrole nitrogens is 1. The number of piperazine rings is 1. The maximum atomic E-state index is 11.6. The van der Waals surface area contributed by atoms with Gasteiger partial charge < -0.3 is 20.5 Å². The van der Waals surface area contributed by atoms with Gasteiger partial charge in [-0.1, -0.05) is 36.1 Å². The summed E-state index contributed by atoms with van der Waals surface area (Å²) in [5.74, 6) is 5.70. The quantitative estimate of drug-likeness (QED) is 0.431. The van der Waals surface area contributed by atoms with E-state index >= 15 is 0 Å². The molecule has 1 aliphatic rings. The van der Waals surface area contributed by atoms with Crippen LogP contribution < -0.4 is 10.9 Å². The third-order valence-electron chi connectivity index (χ3n) is 5.87. The van der Waals surface area contributed by atoms with E-state index in [1.165, 1.54) is 11.9 Å². The standard InChI is InChI=1S/C26H28N4O3/c31-17-23(15-24-25(32)26(33)29-18-28-24)22-9-7-20(8-10-22)2-1-19-3-5-21(6-4-19)16-30-13-11-27-12-14-30/h3-10,18,23,27,31-32H,11-17H2,(H,28,29,33)/t23-/m0/s1. The van der Waals surface area contributed by atoms with Crippen molar-refractivity contribution in [2.24, 2.45) is 0 Å². The highest BCUT2D eigenvalue weighted by atomic mass is 16.3. The Labute approximate surface area is 193 Å². The summed E-state index contributed by atoms with van der Waals surface area (Å²) < 4.78 is 0. The van der Waals surface area contributed by atoms with Crippen molar-refractivity contribution in [2.45, 2.75) is 18.9 Å². The molecule has 0 aliphatic carbocycles. The van der Waals surface area contributed by atoms with Crippen LogP contribution in [0.25, 0.3) is 0 Å². The predicted octanol–water partition coefficient (Wildman–Crippen LogP) is 1.60. The summed E-state index contributed by atoms with van der Waals surface area (Å²) in [4.78, 5) is 20.4. The Kier molecular flexibility index (Phi) is 7.53. The monoisotopic (exact) mass is 444 g/mol. The molecule has 1 aliphatic heterocycles. The van der Waals surface area contributed by atoms with E-state index in [-0.39, 0.29) is 24.6 Å². The van der Waals surface area contributed by atoms with E-state index in [0.717, 1.165) is 49.4 Å². The second-order valence-electron chi connectivity index (χ2n) is 8.21. The van der Waals surface area contributed by atoms with Gasteiger partial charge in [-0.05, 0) is 35.4 Å². The minimum Gasteiger partial charge on any atom is -0.502 e. The normalized spacial score (nSPS) is 14.9. The minimum atomic E-state index is -0.584. The van der Waals surface area contributed by atoms with Gasteiger partial charge in [0, 0.05) is 56.2 Å². The highest BCUT2D eigenvalue weighted by molar-refractivity contribution is 5.44. The first-order valence-corrected chi connectivity index (χ1v) is 11.1. The Hall–Kier alpha value is -3.44. The molecule has 0 spiro atoms. The Morgan fingerprint density at radius 1 is 1.00 bits per heavy atom. The first kappa shape index (κ1) is 22.7. The maximum Gasteiger partial charge on any atom is 0.293 e. The van der Waals surface area contributed by atoms with Gasteiger partial charge in [-0.3, -0.25) is 9.69 Å². The number of aromatic amines is 1. The topological polar surface area (TPSA) is 101 Å². The largest absolute Gasteiger partial charge is 0.502 e. The van der Waals surface area contributed by atoms with Crippen LogP contribution in [0.2, 0.25) is 0 Å². The van der Waals surface area contributed by atoms with Gasteiger partial charge in [0.1, 0.15) is 0 Å². The lowest BCUT2D eigenvalue weighted by atomic mass is 9.94. The third-order valence-corrected chi connectivity index (χ3v) is 5.87. The Bertz CT molecular complexity index is 1170. The van der Waals surface area contributed by atoms with Gasteiger partial charge in [0.2, 0.25) is 5.75 Å². The molecule has 7 heteroatoms. The molecular formula is C26H28N4O3. The number of nitrogens with one attached hydrogen (secondary N) is 2. The number of nitrogens with zero attached hydrogens (tertiary/aromatic N) is 2. The van der Waals surface area contributed by atoms with Crippen LogP contribution in [0.3, 0.4) is 0 Å². The molecule has 2 aromatic carbocycles. The van der Waals surface area contributed by atoms with Gasteiger partial charge in [0.05, 0.1) is 18.6 Å². The van der Waals surface area contributed by atoms with Crippen LogP contribution in [0, 0.1) is 11.8 Å². The number of aromatic hydroxyl groups is 1. The smallest absolute Gasteiger partial charge is 0.293 e. The molecule has 2 heterocycles. The van der Waals surface area contributed by atoms with Crippen LogP contribution >= 0.6 is 0 Å². The number of rotatable bonds is 6. The van der Waals surface area contributed by atoms with E-state index in [1.807, 2.05) is 24.3 Å². The van der Waals surface area contributed by atoms with Crippen LogP contribution in [0.5, 0.6) is 5.75 Å². The molecule has 0 unspecified atom stereocenters. The summed E-state index contributed by atoms with van der Waals surface area (Å²) in [6, 6.07) is 16.0. The predicted molar refractivity (Wildman–Crippen MR) is 127 cm³/mol. The van der Waals surface area contributed by atoms with Crippen molar-refractivity contribution < 1.29 is 10.2 Å². The van der Waals surface area contributed by atoms with Crippen molar-refractivity contribution >= 4 is 0 Å². The molecule has 170 valence electrons. The fraction of sp³-hybridized carbons (Fsp3) is 0.308. The van der Waals surface area contributed by atoms with Crippen LogP contribution in [0.15, 0.2) is 59.7 Å². The molecule has 1 aromatic heterocycles. The van der Waals surface area contributed by atoms with Crippen LogP contribution in [0.1, 0.15) is 33.9 Å². The Morgan fingerprint density at radius 2 is 1.64 bits per heavy atom. The molecule has 4 N–H and O–H groups in total. The van der Waals surface area contributed by atoms with E-state index in [1.54, 1.807) is 0 Å². The molecule has 0 amide bonds. The molecular weight excluding hydrogens is 416 g/mol. The molecule has 1 atom stereocenters. The number of aromatic nitrogens is 2. The van der Waals surface area contributed by atoms with Crippen molar-refractivity contribution in [3.63, 3.8) is 0 Å². The summed E-state index contributed by atoms with van der Waals surface area (Å²) in [5, 5.41) is 23.1. The van der Waals surface area contributed by atoms with Gasteiger partial charge >= 0.3 is 0 Å². The summed E-state index contributed by atoms with van der Waals surface area (Å²) in [6.45, 7) is 5.10. The highest BCUT2D eigenvalue weighted by Crippen LogP contribution is 2.22. The fourth-order valence-corrected chi connectivity index (χ4v) is 3.90. The highest BCUT2D eigenvalue weighted by Gasteiger charge is 2.16. The van der Waals surface area contributed by atoms with Crippen LogP contribution in [0.4, 0.5) is 0 Å². The molecule has 0 saturated carbocycles. The Balaban J connectivity index is 1.39. The zero-order chi connectivity index (χ0) is 23.0. The second-order valence-corrected chi connectivity index (χ2v) is 8.21. The van der Waals surface area contributed by atoms with Crippen molar-refractivity contribution in [3.05, 3.63) is 93.2 Å². The summed E-state index contributed by atoms with van der Waals surface area (Å²) in [7, 11) is 0. The molecule has 33 heavy (non-hydrogen) atoms. The van der Waals surface area contributed by atoms with Crippen molar-refractivity contribution in [1.29, 1.82) is 0 Å². The number of aliphatic hydroxyl groups is 1. The molecule has 0 radical (unpaired) electrons. The maximum absolute atomic E-state index is 11.6. The van der Waals surface area contributed by atoms with Gasteiger partial charge in [0.25, 0.3) is 5.56 Å². The summed E-state index contributed by atoms with van der Waals surface area (Å²) >= 11 is 0. The Morgan fingerprint density at radius 3 is 2.27 bits per heavy atom. The van der Waals surface area contributed by atoms with E-state index < -0.39 is 11.3 Å². The number of aliphatic hydroxyl groups excluding tert-OH is 1. The van der Waals surface area contributed by atoms with Crippen LogP contribution in [-0.2, 0) is 13.0 Å². The average molecular weight is 445 g/mol. The molecule has 0 bridgehead atoms. The van der Waals surface area contributed by atoms with Crippen molar-refractivity contribution in [2.75, 3.05) is 32.8 Å². The van der Waals surface area contributed by atoms with Gasteiger partial charge in [-0.15, -0.1) is 0 Å². The van der Waals surface area contributed by atoms with Gasteiger partial charge in [0.15, 0.2) is 0 Å². The SMILES string of the molecule is O=c1[nH]cnc(C[C@@H](CO)c2ccc(C#Cc3ccc(CN4CCNCC4)cc3)cc2)c1O. The second kappa shape index (κ2) is 10.9. The van der Waals surface area contributed by atoms with E-state index in [2.05, 4.69) is 56.3 Å². The number of benzene rings is 2. The number of hydrogen-bond donors (Lipinski definition) is 4. The zero-order valence-corrected chi connectivity index (χ0v) is 18.4. The molecule has 3 aromatic rings. The third kappa shape index (κ3) is 6.08. The summed E-state index contributed by atoms with van der Waals surface area (Å²) in [5.41, 5.74) is 3.70. The lowest BCUT2D eigenvalue weighted by Crippen LogP contribution is -2.42. The zero-order valence-electron chi connectivity index (χ0n) is 18.4. The first-order valence-electron chi connectivity index (χ1n) is 11.1. The average Bonchev–Trinajstić information content (AvgIpc) is 2.86. The van der Waals surface area contributed by atoms with E-state index in [9.17, 15) is 15.0 Å². The molecule has 1 fully saturated rings. The lowest BCUT2D eigenvalue weighted by molar-refractivity contribution is 0.233. The van der Waals surface area contributed by atoms with Crippen molar-refractivity contribution in [3.8, 4) is 17.6 Å². The van der Waals surface area contributed by atoms with Gasteiger partial charge in [-0.25, -0.2) is 4.98 Å². The summed E-state index contributed by atoms with van der Waals surface area (Å²) in [6.07, 6.45) is 1.51. The molecule has 1 saturated heterocycles. The van der Waals surface area contributed by atoms with Crippen LogP contribution in [-0.4, -0.2) is 57.9 Å². The van der Waals surface area contributed by atoms with Gasteiger partial charge in [-0.2, -0.15) is 0 Å². The minimum absolute atomic E-state index is 0.126. The molecule has 7 nitrogen and oxygen atoms in total. The number of hydrogen-bond acceptors (Lipinski definition) is 6. The lowest BCUT2D eigenvalue weighted by Gasteiger charge is -2.27. The van der Waals surface area contributed by atoms with E-state index in [0.29, 0.717) is 0 Å². The fourth-order valence-electron chi connectivity index (χ4n) is 3.90. The molecule has 4 rings (SSSR count).